The molecule has 1 heterocycles. The van der Waals surface area contributed by atoms with Crippen LogP contribution in [0.5, 0.6) is 0 Å². The van der Waals surface area contributed by atoms with Gasteiger partial charge in [0.05, 0.1) is 16.3 Å². The van der Waals surface area contributed by atoms with Gasteiger partial charge in [0.15, 0.2) is 0 Å². The van der Waals surface area contributed by atoms with E-state index in [9.17, 15) is 9.59 Å². The number of carbonyl (C=O) groups is 1. The molecule has 2 N–H and O–H groups in total. The number of nitrogens with one attached hydrogen (secondary N) is 2. The predicted molar refractivity (Wildman–Crippen MR) is 89.0 cm³/mol. The smallest absolute Gasteiger partial charge is 0.253 e. The topological polar surface area (TPSA) is 74.8 Å². The minimum atomic E-state index is -0.155. The molecular formula is C17H18ClN3O2. The Morgan fingerprint density at radius 1 is 1.30 bits per heavy atom. The molecule has 2 aromatic rings. The van der Waals surface area contributed by atoms with Gasteiger partial charge in [-0.2, -0.15) is 0 Å². The summed E-state index contributed by atoms with van der Waals surface area (Å²) < 4.78 is 0. The Morgan fingerprint density at radius 2 is 2.04 bits per heavy atom. The van der Waals surface area contributed by atoms with E-state index >= 15 is 0 Å². The number of aromatic nitrogens is 2. The van der Waals surface area contributed by atoms with Crippen LogP contribution in [0.1, 0.15) is 46.2 Å². The largest absolute Gasteiger partial charge is 0.349 e. The van der Waals surface area contributed by atoms with E-state index in [1.54, 1.807) is 19.1 Å². The van der Waals surface area contributed by atoms with Crippen LogP contribution in [0.3, 0.4) is 0 Å². The highest BCUT2D eigenvalue weighted by Crippen LogP contribution is 2.35. The van der Waals surface area contributed by atoms with Gasteiger partial charge >= 0.3 is 0 Å². The maximum absolute atomic E-state index is 12.3. The SMILES string of the molecule is Cc1ccc(Cl)c(C(=O)NC2CC(c3cc(=O)[nH]c(C)n3)C2)c1. The van der Waals surface area contributed by atoms with Crippen LogP contribution in [0, 0.1) is 13.8 Å². The Morgan fingerprint density at radius 3 is 2.74 bits per heavy atom. The molecule has 0 saturated heterocycles. The zero-order valence-corrected chi connectivity index (χ0v) is 13.8. The summed E-state index contributed by atoms with van der Waals surface area (Å²) in [6.07, 6.45) is 1.57. The molecule has 0 spiro atoms. The molecule has 6 heteroatoms. The van der Waals surface area contributed by atoms with Crippen LogP contribution in [0.2, 0.25) is 5.02 Å². The second-order valence-electron chi connectivity index (χ2n) is 6.08. The number of hydrogen-bond acceptors (Lipinski definition) is 3. The standard InChI is InChI=1S/C17H18ClN3O2/c1-9-3-4-14(18)13(5-9)17(23)21-12-6-11(7-12)15-8-16(22)20-10(2)19-15/h3-5,8,11-12H,6-7H2,1-2H3,(H,21,23)(H,19,20,22). The van der Waals surface area contributed by atoms with E-state index in [4.69, 9.17) is 11.6 Å². The molecule has 1 aliphatic carbocycles. The van der Waals surface area contributed by atoms with E-state index in [-0.39, 0.29) is 23.4 Å². The minimum Gasteiger partial charge on any atom is -0.349 e. The number of rotatable bonds is 3. The molecule has 3 rings (SSSR count). The van der Waals surface area contributed by atoms with Crippen molar-refractivity contribution in [3.05, 3.63) is 62.3 Å². The van der Waals surface area contributed by atoms with Crippen LogP contribution in [0.25, 0.3) is 0 Å². The van der Waals surface area contributed by atoms with Crippen LogP contribution in [-0.4, -0.2) is 21.9 Å². The molecule has 1 aromatic heterocycles. The zero-order chi connectivity index (χ0) is 16.6. The third-order valence-electron chi connectivity index (χ3n) is 4.14. The lowest BCUT2D eigenvalue weighted by Gasteiger charge is -2.35. The van der Waals surface area contributed by atoms with E-state index < -0.39 is 0 Å². The summed E-state index contributed by atoms with van der Waals surface area (Å²) in [5.74, 6) is 0.679. The van der Waals surface area contributed by atoms with Gasteiger partial charge in [-0.25, -0.2) is 4.98 Å². The van der Waals surface area contributed by atoms with Crippen LogP contribution in [-0.2, 0) is 0 Å². The maximum atomic E-state index is 12.3. The molecule has 0 atom stereocenters. The summed E-state index contributed by atoms with van der Waals surface area (Å²) >= 11 is 6.09. The molecule has 0 radical (unpaired) electrons. The molecule has 120 valence electrons. The number of hydrogen-bond donors (Lipinski definition) is 2. The van der Waals surface area contributed by atoms with Crippen molar-refractivity contribution in [2.45, 2.75) is 38.6 Å². The first-order valence-corrected chi connectivity index (χ1v) is 7.95. The highest BCUT2D eigenvalue weighted by Gasteiger charge is 2.33. The monoisotopic (exact) mass is 331 g/mol. The molecule has 1 aliphatic rings. The fourth-order valence-corrected chi connectivity index (χ4v) is 3.07. The number of halogens is 1. The summed E-state index contributed by atoms with van der Waals surface area (Å²) in [5.41, 5.74) is 2.16. The number of carbonyl (C=O) groups excluding carboxylic acids is 1. The first-order valence-electron chi connectivity index (χ1n) is 7.57. The Bertz CT molecular complexity index is 810. The van der Waals surface area contributed by atoms with Gasteiger partial charge in [0.1, 0.15) is 5.82 Å². The first kappa shape index (κ1) is 15.7. The third-order valence-corrected chi connectivity index (χ3v) is 4.47. The minimum absolute atomic E-state index is 0.0884. The highest BCUT2D eigenvalue weighted by molar-refractivity contribution is 6.33. The lowest BCUT2D eigenvalue weighted by molar-refractivity contribution is 0.0908. The van der Waals surface area contributed by atoms with Crippen LogP contribution < -0.4 is 10.9 Å². The van der Waals surface area contributed by atoms with Gasteiger partial charge in [0.25, 0.3) is 11.5 Å². The molecule has 1 saturated carbocycles. The van der Waals surface area contributed by atoms with Crippen molar-refractivity contribution in [3.8, 4) is 0 Å². The van der Waals surface area contributed by atoms with Crippen LogP contribution in [0.15, 0.2) is 29.1 Å². The van der Waals surface area contributed by atoms with Gasteiger partial charge in [0, 0.05) is 18.0 Å². The molecule has 0 aliphatic heterocycles. The van der Waals surface area contributed by atoms with Crippen LogP contribution >= 0.6 is 11.6 Å². The van der Waals surface area contributed by atoms with Crippen molar-refractivity contribution in [1.29, 1.82) is 0 Å². The molecule has 0 bridgehead atoms. The summed E-state index contributed by atoms with van der Waals surface area (Å²) in [7, 11) is 0. The van der Waals surface area contributed by atoms with Crippen molar-refractivity contribution in [3.63, 3.8) is 0 Å². The molecule has 1 aromatic carbocycles. The summed E-state index contributed by atoms with van der Waals surface area (Å²) in [5, 5.41) is 3.45. The molecule has 23 heavy (non-hydrogen) atoms. The first-order chi connectivity index (χ1) is 10.9. The predicted octanol–water partition coefficient (Wildman–Crippen LogP) is 2.72. The molecule has 1 amide bonds. The number of H-pyrrole nitrogens is 1. The molecular weight excluding hydrogens is 314 g/mol. The quantitative estimate of drug-likeness (QED) is 0.908. The zero-order valence-electron chi connectivity index (χ0n) is 13.0. The van der Waals surface area contributed by atoms with Gasteiger partial charge in [-0.15, -0.1) is 0 Å². The van der Waals surface area contributed by atoms with Crippen LogP contribution in [0.4, 0.5) is 0 Å². The normalized spacial score (nSPS) is 20.0. The average molecular weight is 332 g/mol. The van der Waals surface area contributed by atoms with Gasteiger partial charge in [-0.05, 0) is 38.8 Å². The fourth-order valence-electron chi connectivity index (χ4n) is 2.87. The Balaban J connectivity index is 1.63. The second-order valence-corrected chi connectivity index (χ2v) is 6.48. The Labute approximate surface area is 139 Å². The lowest BCUT2D eigenvalue weighted by Crippen LogP contribution is -2.43. The van der Waals surface area contributed by atoms with Gasteiger partial charge in [-0.3, -0.25) is 9.59 Å². The van der Waals surface area contributed by atoms with Gasteiger partial charge in [-0.1, -0.05) is 23.2 Å². The lowest BCUT2D eigenvalue weighted by atomic mass is 9.78. The van der Waals surface area contributed by atoms with Gasteiger partial charge in [0.2, 0.25) is 0 Å². The molecule has 1 fully saturated rings. The van der Waals surface area contributed by atoms with E-state index in [2.05, 4.69) is 15.3 Å². The number of benzene rings is 1. The van der Waals surface area contributed by atoms with Crippen molar-refractivity contribution < 1.29 is 4.79 Å². The van der Waals surface area contributed by atoms with E-state index in [1.165, 1.54) is 6.07 Å². The van der Waals surface area contributed by atoms with Crippen molar-refractivity contribution in [2.24, 2.45) is 0 Å². The number of aromatic amines is 1. The fraction of sp³-hybridized carbons (Fsp3) is 0.353. The molecule has 5 nitrogen and oxygen atoms in total. The molecule has 0 unspecified atom stereocenters. The number of nitrogens with zero attached hydrogens (tertiary/aromatic N) is 1. The van der Waals surface area contributed by atoms with E-state index in [0.29, 0.717) is 16.4 Å². The number of amides is 1. The third kappa shape index (κ3) is 3.45. The average Bonchev–Trinajstić information content (AvgIpc) is 2.43. The Kier molecular flexibility index (Phi) is 4.22. The van der Waals surface area contributed by atoms with Crippen molar-refractivity contribution >= 4 is 17.5 Å². The summed E-state index contributed by atoms with van der Waals surface area (Å²) in [4.78, 5) is 30.8. The van der Waals surface area contributed by atoms with Crippen molar-refractivity contribution in [2.75, 3.05) is 0 Å². The maximum Gasteiger partial charge on any atom is 0.253 e. The summed E-state index contributed by atoms with van der Waals surface area (Å²) in [6.45, 7) is 3.69. The highest BCUT2D eigenvalue weighted by atomic mass is 35.5. The van der Waals surface area contributed by atoms with Gasteiger partial charge < -0.3 is 10.3 Å². The van der Waals surface area contributed by atoms with E-state index in [0.717, 1.165) is 24.1 Å². The second kappa shape index (κ2) is 6.16. The number of aryl methyl sites for hydroxylation is 2. The van der Waals surface area contributed by atoms with E-state index in [1.807, 2.05) is 13.0 Å². The summed E-state index contributed by atoms with van der Waals surface area (Å²) in [6, 6.07) is 7.02. The Hall–Kier alpha value is -2.14. The van der Waals surface area contributed by atoms with Crippen molar-refractivity contribution in [1.82, 2.24) is 15.3 Å².